The number of imidazole rings is 1. The van der Waals surface area contributed by atoms with Crippen molar-refractivity contribution in [2.75, 3.05) is 0 Å². The van der Waals surface area contributed by atoms with Gasteiger partial charge in [-0.15, -0.1) is 0 Å². The molecule has 0 N–H and O–H groups in total. The molecule has 96 valence electrons. The molecule has 1 aromatic heterocycles. The number of hydrogen-bond donors (Lipinski definition) is 0. The molecule has 0 radical (unpaired) electrons. The Morgan fingerprint density at radius 3 is 2.56 bits per heavy atom. The standard InChI is InChI=1S/C13H14F2N2O/c1-9(2)17-6-5-16(13(17)18)8-10-7-11(14)3-4-12(10)15/h3-7,9H,8H2,1-2H3. The summed E-state index contributed by atoms with van der Waals surface area (Å²) in [7, 11) is 0. The van der Waals surface area contributed by atoms with Gasteiger partial charge in [-0.05, 0) is 32.0 Å². The van der Waals surface area contributed by atoms with Crippen molar-refractivity contribution in [1.29, 1.82) is 0 Å². The predicted octanol–water partition coefficient (Wildman–Crippen LogP) is 2.56. The molecule has 0 amide bonds. The SMILES string of the molecule is CC(C)n1ccn(Cc2cc(F)ccc2F)c1=O. The van der Waals surface area contributed by atoms with Gasteiger partial charge in [0.2, 0.25) is 0 Å². The third-order valence-electron chi connectivity index (χ3n) is 2.78. The van der Waals surface area contributed by atoms with Gasteiger partial charge >= 0.3 is 5.69 Å². The van der Waals surface area contributed by atoms with E-state index in [1.807, 2.05) is 13.8 Å². The van der Waals surface area contributed by atoms with Gasteiger partial charge < -0.3 is 0 Å². The van der Waals surface area contributed by atoms with Crippen LogP contribution in [0.5, 0.6) is 0 Å². The largest absolute Gasteiger partial charge is 0.328 e. The molecule has 0 bridgehead atoms. The van der Waals surface area contributed by atoms with Crippen LogP contribution in [0.2, 0.25) is 0 Å². The van der Waals surface area contributed by atoms with Crippen LogP contribution in [-0.4, -0.2) is 9.13 Å². The summed E-state index contributed by atoms with van der Waals surface area (Å²) in [4.78, 5) is 11.9. The van der Waals surface area contributed by atoms with Crippen LogP contribution in [-0.2, 0) is 6.54 Å². The third kappa shape index (κ3) is 2.34. The first-order chi connectivity index (χ1) is 8.49. The molecule has 0 spiro atoms. The van der Waals surface area contributed by atoms with Crippen LogP contribution >= 0.6 is 0 Å². The molecule has 0 atom stereocenters. The molecule has 0 saturated heterocycles. The van der Waals surface area contributed by atoms with Gasteiger partial charge in [-0.3, -0.25) is 9.13 Å². The van der Waals surface area contributed by atoms with Gasteiger partial charge in [-0.1, -0.05) is 0 Å². The average molecular weight is 252 g/mol. The lowest BCUT2D eigenvalue weighted by Gasteiger charge is -2.06. The molecule has 2 aromatic rings. The van der Waals surface area contributed by atoms with Crippen molar-refractivity contribution in [3.8, 4) is 0 Å². The summed E-state index contributed by atoms with van der Waals surface area (Å²) in [5.41, 5.74) is -0.0627. The zero-order valence-corrected chi connectivity index (χ0v) is 10.2. The molecule has 1 heterocycles. The number of nitrogens with zero attached hydrogens (tertiary/aromatic N) is 2. The molecule has 0 unspecified atom stereocenters. The lowest BCUT2D eigenvalue weighted by Crippen LogP contribution is -2.25. The first kappa shape index (κ1) is 12.5. The minimum absolute atomic E-state index is 0.0299. The van der Waals surface area contributed by atoms with E-state index >= 15 is 0 Å². The highest BCUT2D eigenvalue weighted by Crippen LogP contribution is 2.11. The van der Waals surface area contributed by atoms with Crippen molar-refractivity contribution in [2.45, 2.75) is 26.4 Å². The van der Waals surface area contributed by atoms with Crippen LogP contribution in [0.4, 0.5) is 8.78 Å². The Morgan fingerprint density at radius 2 is 1.94 bits per heavy atom. The lowest BCUT2D eigenvalue weighted by molar-refractivity contribution is 0.548. The van der Waals surface area contributed by atoms with Gasteiger partial charge in [0.15, 0.2) is 0 Å². The number of rotatable bonds is 3. The molecule has 18 heavy (non-hydrogen) atoms. The molecule has 5 heteroatoms. The maximum absolute atomic E-state index is 13.5. The normalized spacial score (nSPS) is 11.2. The number of benzene rings is 1. The van der Waals surface area contributed by atoms with Crippen molar-refractivity contribution in [3.63, 3.8) is 0 Å². The molecule has 0 aliphatic heterocycles. The van der Waals surface area contributed by atoms with E-state index < -0.39 is 11.6 Å². The van der Waals surface area contributed by atoms with E-state index in [0.717, 1.165) is 18.2 Å². The Morgan fingerprint density at radius 1 is 1.22 bits per heavy atom. The van der Waals surface area contributed by atoms with Crippen LogP contribution in [0.1, 0.15) is 25.5 Å². The fraction of sp³-hybridized carbons (Fsp3) is 0.308. The van der Waals surface area contributed by atoms with Gasteiger partial charge in [0, 0.05) is 24.0 Å². The van der Waals surface area contributed by atoms with Crippen molar-refractivity contribution in [2.24, 2.45) is 0 Å². The summed E-state index contributed by atoms with van der Waals surface area (Å²) in [6.07, 6.45) is 3.22. The van der Waals surface area contributed by atoms with Gasteiger partial charge in [0.1, 0.15) is 11.6 Å². The smallest absolute Gasteiger partial charge is 0.297 e. The summed E-state index contributed by atoms with van der Waals surface area (Å²) >= 11 is 0. The quantitative estimate of drug-likeness (QED) is 0.824. The fourth-order valence-electron chi connectivity index (χ4n) is 1.79. The van der Waals surface area contributed by atoms with Crippen LogP contribution in [0.3, 0.4) is 0 Å². The molecule has 0 aliphatic rings. The summed E-state index contributed by atoms with van der Waals surface area (Å²) < 4.78 is 29.4. The lowest BCUT2D eigenvalue weighted by atomic mass is 10.2. The van der Waals surface area contributed by atoms with Crippen LogP contribution in [0.25, 0.3) is 0 Å². The van der Waals surface area contributed by atoms with Crippen molar-refractivity contribution < 1.29 is 8.78 Å². The van der Waals surface area contributed by atoms with Crippen LogP contribution in [0, 0.1) is 11.6 Å². The first-order valence-electron chi connectivity index (χ1n) is 5.70. The second-order valence-electron chi connectivity index (χ2n) is 4.45. The van der Waals surface area contributed by atoms with E-state index in [9.17, 15) is 13.6 Å². The second-order valence-corrected chi connectivity index (χ2v) is 4.45. The maximum atomic E-state index is 13.5. The van der Waals surface area contributed by atoms with Gasteiger partial charge in [0.25, 0.3) is 0 Å². The molecule has 2 rings (SSSR count). The van der Waals surface area contributed by atoms with E-state index in [1.165, 1.54) is 9.13 Å². The monoisotopic (exact) mass is 252 g/mol. The Labute approximate surface area is 103 Å². The van der Waals surface area contributed by atoms with Crippen molar-refractivity contribution in [3.05, 3.63) is 58.3 Å². The van der Waals surface area contributed by atoms with E-state index in [0.29, 0.717) is 0 Å². The molecule has 3 nitrogen and oxygen atoms in total. The Kier molecular flexibility index (Phi) is 3.32. The number of aromatic nitrogens is 2. The van der Waals surface area contributed by atoms with Crippen molar-refractivity contribution in [1.82, 2.24) is 9.13 Å². The Bertz CT molecular complexity index is 614. The molecule has 0 aliphatic carbocycles. The van der Waals surface area contributed by atoms with Crippen molar-refractivity contribution >= 4 is 0 Å². The van der Waals surface area contributed by atoms with E-state index in [1.54, 1.807) is 12.4 Å². The molecular formula is C13H14F2N2O. The topological polar surface area (TPSA) is 26.9 Å². The molecule has 0 saturated carbocycles. The fourth-order valence-corrected chi connectivity index (χ4v) is 1.79. The summed E-state index contributed by atoms with van der Waals surface area (Å²) in [5, 5.41) is 0. The Hall–Kier alpha value is -1.91. The first-order valence-corrected chi connectivity index (χ1v) is 5.70. The molecular weight excluding hydrogens is 238 g/mol. The van der Waals surface area contributed by atoms with Crippen LogP contribution in [0.15, 0.2) is 35.4 Å². The number of hydrogen-bond acceptors (Lipinski definition) is 1. The predicted molar refractivity (Wildman–Crippen MR) is 64.5 cm³/mol. The molecule has 1 aromatic carbocycles. The number of halogens is 2. The Balaban J connectivity index is 2.35. The van der Waals surface area contributed by atoms with E-state index in [4.69, 9.17) is 0 Å². The van der Waals surface area contributed by atoms with Crippen LogP contribution < -0.4 is 5.69 Å². The zero-order chi connectivity index (χ0) is 13.3. The maximum Gasteiger partial charge on any atom is 0.328 e. The highest BCUT2D eigenvalue weighted by molar-refractivity contribution is 5.19. The highest BCUT2D eigenvalue weighted by Gasteiger charge is 2.09. The zero-order valence-electron chi connectivity index (χ0n) is 10.2. The summed E-state index contributed by atoms with van der Waals surface area (Å²) in [6, 6.07) is 3.26. The minimum Gasteiger partial charge on any atom is -0.297 e. The van der Waals surface area contributed by atoms with Gasteiger partial charge in [-0.25, -0.2) is 13.6 Å². The van der Waals surface area contributed by atoms with Gasteiger partial charge in [-0.2, -0.15) is 0 Å². The van der Waals surface area contributed by atoms with E-state index in [2.05, 4.69) is 0 Å². The summed E-state index contributed by atoms with van der Waals surface area (Å²) in [5.74, 6) is -1.02. The third-order valence-corrected chi connectivity index (χ3v) is 2.78. The van der Waals surface area contributed by atoms with Gasteiger partial charge in [0.05, 0.1) is 6.54 Å². The average Bonchev–Trinajstić information content (AvgIpc) is 2.66. The second kappa shape index (κ2) is 4.76. The minimum atomic E-state index is -0.513. The summed E-state index contributed by atoms with van der Waals surface area (Å²) in [6.45, 7) is 3.80. The molecule has 0 fully saturated rings. The van der Waals surface area contributed by atoms with E-state index in [-0.39, 0.29) is 23.8 Å². The highest BCUT2D eigenvalue weighted by atomic mass is 19.1.